The molecule has 0 amide bonds. The van der Waals surface area contributed by atoms with Crippen molar-refractivity contribution in [2.24, 2.45) is 4.99 Å². The van der Waals surface area contributed by atoms with Crippen LogP contribution in [0.25, 0.3) is 0 Å². The van der Waals surface area contributed by atoms with Gasteiger partial charge in [-0.25, -0.2) is 4.39 Å². The third-order valence-electron chi connectivity index (χ3n) is 3.26. The molecule has 6 heteroatoms. The number of benzene rings is 1. The van der Waals surface area contributed by atoms with Gasteiger partial charge in [-0.3, -0.25) is 4.99 Å². The first-order valence-corrected chi connectivity index (χ1v) is 8.02. The molecule has 23 heavy (non-hydrogen) atoms. The van der Waals surface area contributed by atoms with Crippen molar-refractivity contribution in [2.75, 3.05) is 47.1 Å². The fraction of sp³-hybridized carbons (Fsp3) is 0.588. The van der Waals surface area contributed by atoms with Crippen molar-refractivity contribution in [1.82, 2.24) is 10.6 Å². The fourth-order valence-electron chi connectivity index (χ4n) is 2.02. The molecular formula is C17H28FN3O2. The van der Waals surface area contributed by atoms with Crippen LogP contribution in [0.4, 0.5) is 4.39 Å². The van der Waals surface area contributed by atoms with E-state index < -0.39 is 0 Å². The Balaban J connectivity index is 2.06. The van der Waals surface area contributed by atoms with Crippen molar-refractivity contribution < 1.29 is 13.9 Å². The Morgan fingerprint density at radius 2 is 1.96 bits per heavy atom. The predicted molar refractivity (Wildman–Crippen MR) is 91.4 cm³/mol. The molecule has 1 rings (SSSR count). The van der Waals surface area contributed by atoms with Gasteiger partial charge in [0.25, 0.3) is 0 Å². The summed E-state index contributed by atoms with van der Waals surface area (Å²) in [6.45, 7) is 3.58. The topological polar surface area (TPSA) is 54.9 Å². The predicted octanol–water partition coefficient (Wildman–Crippen LogP) is 1.98. The van der Waals surface area contributed by atoms with Crippen LogP contribution < -0.4 is 10.6 Å². The lowest BCUT2D eigenvalue weighted by molar-refractivity contribution is 0.0689. The van der Waals surface area contributed by atoms with Crippen LogP contribution in [0.3, 0.4) is 0 Å². The summed E-state index contributed by atoms with van der Waals surface area (Å²) < 4.78 is 23.4. The second kappa shape index (κ2) is 12.8. The number of nitrogens with zero attached hydrogens (tertiary/aromatic N) is 1. The molecule has 1 aromatic carbocycles. The van der Waals surface area contributed by atoms with Gasteiger partial charge < -0.3 is 20.1 Å². The van der Waals surface area contributed by atoms with E-state index in [9.17, 15) is 4.39 Å². The number of unbranched alkanes of at least 4 members (excludes halogenated alkanes) is 1. The van der Waals surface area contributed by atoms with Crippen LogP contribution in [0.2, 0.25) is 0 Å². The number of rotatable bonds is 11. The molecule has 0 aliphatic carbocycles. The number of guanidine groups is 1. The number of halogens is 1. The average Bonchev–Trinajstić information content (AvgIpc) is 2.55. The second-order valence-electron chi connectivity index (χ2n) is 5.12. The van der Waals surface area contributed by atoms with E-state index in [0.29, 0.717) is 19.8 Å². The molecule has 0 saturated carbocycles. The van der Waals surface area contributed by atoms with E-state index in [-0.39, 0.29) is 5.82 Å². The first-order valence-electron chi connectivity index (χ1n) is 8.02. The first-order chi connectivity index (χ1) is 11.3. The highest BCUT2D eigenvalue weighted by molar-refractivity contribution is 5.79. The zero-order valence-corrected chi connectivity index (χ0v) is 14.1. The second-order valence-corrected chi connectivity index (χ2v) is 5.12. The third-order valence-corrected chi connectivity index (χ3v) is 3.26. The molecule has 2 N–H and O–H groups in total. The van der Waals surface area contributed by atoms with Gasteiger partial charge in [0, 0.05) is 33.9 Å². The number of hydrogen-bond donors (Lipinski definition) is 2. The van der Waals surface area contributed by atoms with E-state index in [1.165, 1.54) is 6.07 Å². The molecule has 0 atom stereocenters. The summed E-state index contributed by atoms with van der Waals surface area (Å²) >= 11 is 0. The molecule has 0 unspecified atom stereocenters. The normalized spacial score (nSPS) is 11.5. The molecule has 0 aliphatic heterocycles. The van der Waals surface area contributed by atoms with Crippen LogP contribution in [0.5, 0.6) is 0 Å². The minimum Gasteiger partial charge on any atom is -0.382 e. The SMILES string of the molecule is CN=C(NCCCCOCCOC)NCCc1cccc(F)c1. The van der Waals surface area contributed by atoms with Gasteiger partial charge in [-0.1, -0.05) is 12.1 Å². The summed E-state index contributed by atoms with van der Waals surface area (Å²) in [5.74, 6) is 0.569. The molecule has 1 aromatic rings. The van der Waals surface area contributed by atoms with Crippen LogP contribution in [0.15, 0.2) is 29.3 Å². The summed E-state index contributed by atoms with van der Waals surface area (Å²) in [6.07, 6.45) is 2.76. The molecule has 5 nitrogen and oxygen atoms in total. The molecule has 0 heterocycles. The molecule has 0 bridgehead atoms. The van der Waals surface area contributed by atoms with E-state index >= 15 is 0 Å². The molecular weight excluding hydrogens is 297 g/mol. The summed E-state index contributed by atoms with van der Waals surface area (Å²) in [5, 5.41) is 6.48. The lowest BCUT2D eigenvalue weighted by Crippen LogP contribution is -2.38. The van der Waals surface area contributed by atoms with Gasteiger partial charge >= 0.3 is 0 Å². The first kappa shape index (κ1) is 19.4. The maximum atomic E-state index is 13.1. The maximum Gasteiger partial charge on any atom is 0.190 e. The van der Waals surface area contributed by atoms with E-state index in [0.717, 1.165) is 43.9 Å². The summed E-state index contributed by atoms with van der Waals surface area (Å²) in [7, 11) is 3.41. The molecule has 0 aromatic heterocycles. The Hall–Kier alpha value is -1.66. The van der Waals surface area contributed by atoms with Gasteiger partial charge in [-0.15, -0.1) is 0 Å². The molecule has 0 saturated heterocycles. The standard InChI is InChI=1S/C17H28FN3O2/c1-19-17(20-9-3-4-11-23-13-12-22-2)21-10-8-15-6-5-7-16(18)14-15/h5-7,14H,3-4,8-13H2,1-2H3,(H2,19,20,21). The van der Waals surface area contributed by atoms with Crippen LogP contribution >= 0.6 is 0 Å². The van der Waals surface area contributed by atoms with Gasteiger partial charge in [-0.05, 0) is 37.0 Å². The van der Waals surface area contributed by atoms with Crippen molar-refractivity contribution in [1.29, 1.82) is 0 Å². The van der Waals surface area contributed by atoms with Crippen LogP contribution in [0.1, 0.15) is 18.4 Å². The van der Waals surface area contributed by atoms with Crippen LogP contribution in [0, 0.1) is 5.82 Å². The summed E-state index contributed by atoms with van der Waals surface area (Å²) in [4.78, 5) is 4.17. The summed E-state index contributed by atoms with van der Waals surface area (Å²) in [5.41, 5.74) is 0.973. The van der Waals surface area contributed by atoms with Gasteiger partial charge in [0.05, 0.1) is 13.2 Å². The van der Waals surface area contributed by atoms with E-state index in [4.69, 9.17) is 9.47 Å². The Labute approximate surface area is 138 Å². The van der Waals surface area contributed by atoms with Crippen LogP contribution in [-0.2, 0) is 15.9 Å². The Kier molecular flexibility index (Phi) is 10.8. The quantitative estimate of drug-likeness (QED) is 0.371. The highest BCUT2D eigenvalue weighted by atomic mass is 19.1. The van der Waals surface area contributed by atoms with Gasteiger partial charge in [0.2, 0.25) is 0 Å². The van der Waals surface area contributed by atoms with E-state index in [1.807, 2.05) is 6.07 Å². The molecule has 130 valence electrons. The molecule has 0 fully saturated rings. The largest absolute Gasteiger partial charge is 0.382 e. The number of methoxy groups -OCH3 is 1. The van der Waals surface area contributed by atoms with Gasteiger partial charge in [0.1, 0.15) is 5.82 Å². The van der Waals surface area contributed by atoms with E-state index in [2.05, 4.69) is 15.6 Å². The Morgan fingerprint density at radius 1 is 1.13 bits per heavy atom. The minimum atomic E-state index is -0.197. The molecule has 0 aliphatic rings. The Morgan fingerprint density at radius 3 is 2.70 bits per heavy atom. The highest BCUT2D eigenvalue weighted by Gasteiger charge is 1.99. The van der Waals surface area contributed by atoms with Crippen molar-refractivity contribution in [3.63, 3.8) is 0 Å². The highest BCUT2D eigenvalue weighted by Crippen LogP contribution is 2.03. The average molecular weight is 325 g/mol. The van der Waals surface area contributed by atoms with Crippen molar-refractivity contribution in [3.05, 3.63) is 35.6 Å². The van der Waals surface area contributed by atoms with Crippen LogP contribution in [-0.4, -0.2) is 53.0 Å². The zero-order chi connectivity index (χ0) is 16.8. The lowest BCUT2D eigenvalue weighted by atomic mass is 10.1. The summed E-state index contributed by atoms with van der Waals surface area (Å²) in [6, 6.07) is 6.66. The van der Waals surface area contributed by atoms with Gasteiger partial charge in [-0.2, -0.15) is 0 Å². The number of aliphatic imine (C=N–C) groups is 1. The fourth-order valence-corrected chi connectivity index (χ4v) is 2.02. The number of hydrogen-bond acceptors (Lipinski definition) is 3. The number of ether oxygens (including phenoxy) is 2. The monoisotopic (exact) mass is 325 g/mol. The maximum absolute atomic E-state index is 13.1. The van der Waals surface area contributed by atoms with Crippen molar-refractivity contribution in [2.45, 2.75) is 19.3 Å². The minimum absolute atomic E-state index is 0.197. The lowest BCUT2D eigenvalue weighted by Gasteiger charge is -2.12. The van der Waals surface area contributed by atoms with Crippen molar-refractivity contribution in [3.8, 4) is 0 Å². The van der Waals surface area contributed by atoms with E-state index in [1.54, 1.807) is 26.3 Å². The zero-order valence-electron chi connectivity index (χ0n) is 14.1. The smallest absolute Gasteiger partial charge is 0.190 e. The van der Waals surface area contributed by atoms with Crippen molar-refractivity contribution >= 4 is 5.96 Å². The third kappa shape index (κ3) is 9.86. The molecule has 0 radical (unpaired) electrons. The Bertz CT molecular complexity index is 455. The van der Waals surface area contributed by atoms with Gasteiger partial charge in [0.15, 0.2) is 5.96 Å². The number of nitrogens with one attached hydrogen (secondary N) is 2. The molecule has 0 spiro atoms.